The number of aryl methyl sites for hydroxylation is 1. The summed E-state index contributed by atoms with van der Waals surface area (Å²) < 4.78 is 3.68. The van der Waals surface area contributed by atoms with Gasteiger partial charge in [-0.05, 0) is 37.9 Å². The average Bonchev–Trinajstić information content (AvgIpc) is 2.94. The van der Waals surface area contributed by atoms with Crippen LogP contribution in [-0.4, -0.2) is 43.9 Å². The second kappa shape index (κ2) is 6.87. The molecule has 1 fully saturated rings. The van der Waals surface area contributed by atoms with Crippen LogP contribution in [0.15, 0.2) is 35.6 Å². The topological polar surface area (TPSA) is 56.0 Å². The quantitative estimate of drug-likeness (QED) is 0.824. The molecule has 0 aliphatic carbocycles. The normalized spacial score (nSPS) is 17.0. The van der Waals surface area contributed by atoms with Gasteiger partial charge < -0.3 is 4.90 Å². The second-order valence-electron chi connectivity index (χ2n) is 6.05. The van der Waals surface area contributed by atoms with E-state index in [2.05, 4.69) is 21.0 Å². The van der Waals surface area contributed by atoms with Crippen LogP contribution in [0.2, 0.25) is 0 Å². The summed E-state index contributed by atoms with van der Waals surface area (Å²) in [5.74, 6) is 0.579. The van der Waals surface area contributed by atoms with Gasteiger partial charge in [-0.1, -0.05) is 0 Å². The first-order valence-corrected chi connectivity index (χ1v) is 7.92. The molecule has 0 radical (unpaired) electrons. The molecule has 3 rings (SSSR count). The molecule has 6 heteroatoms. The van der Waals surface area contributed by atoms with Crippen LogP contribution < -0.4 is 5.56 Å². The smallest absolute Gasteiger partial charge is 0.253 e. The fourth-order valence-electron chi connectivity index (χ4n) is 3.11. The van der Waals surface area contributed by atoms with E-state index in [9.17, 15) is 4.79 Å². The van der Waals surface area contributed by atoms with Crippen LogP contribution in [0.25, 0.3) is 0 Å². The minimum absolute atomic E-state index is 0.0497. The van der Waals surface area contributed by atoms with Crippen LogP contribution in [0.1, 0.15) is 18.5 Å². The number of hydrogen-bond acceptors (Lipinski definition) is 4. The Labute approximate surface area is 130 Å². The number of nitrogens with zero attached hydrogens (tertiary/aromatic N) is 5. The number of piperidine rings is 1. The van der Waals surface area contributed by atoms with Gasteiger partial charge in [0.1, 0.15) is 0 Å². The molecule has 0 bridgehead atoms. The van der Waals surface area contributed by atoms with Crippen LogP contribution in [0, 0.1) is 5.92 Å². The molecule has 3 heterocycles. The highest BCUT2D eigenvalue weighted by molar-refractivity contribution is 5.00. The van der Waals surface area contributed by atoms with Crippen molar-refractivity contribution < 1.29 is 0 Å². The van der Waals surface area contributed by atoms with Crippen LogP contribution in [0.4, 0.5) is 0 Å². The molecule has 0 aromatic carbocycles. The molecule has 0 saturated carbocycles. The largest absolute Gasteiger partial charge is 0.303 e. The molecule has 1 aliphatic heterocycles. The molecule has 0 unspecified atom stereocenters. The van der Waals surface area contributed by atoms with Crippen molar-refractivity contribution in [1.82, 2.24) is 24.2 Å². The molecule has 2 aromatic rings. The van der Waals surface area contributed by atoms with Gasteiger partial charge in [0.05, 0.1) is 6.33 Å². The maximum Gasteiger partial charge on any atom is 0.253 e. The predicted molar refractivity (Wildman–Crippen MR) is 84.6 cm³/mol. The first-order valence-electron chi connectivity index (χ1n) is 7.92. The molecule has 0 N–H and O–H groups in total. The summed E-state index contributed by atoms with van der Waals surface area (Å²) in [5, 5.41) is 4.21. The summed E-state index contributed by atoms with van der Waals surface area (Å²) in [6.07, 6.45) is 8.40. The van der Waals surface area contributed by atoms with Crippen LogP contribution >= 0.6 is 0 Å². The molecule has 118 valence electrons. The molecule has 1 aliphatic rings. The summed E-state index contributed by atoms with van der Waals surface area (Å²) in [7, 11) is 1.99. The Morgan fingerprint density at radius 1 is 1.23 bits per heavy atom. The first kappa shape index (κ1) is 15.0. The van der Waals surface area contributed by atoms with Crippen molar-refractivity contribution in [2.45, 2.75) is 25.8 Å². The third-order valence-electron chi connectivity index (χ3n) is 4.56. The van der Waals surface area contributed by atoms with E-state index >= 15 is 0 Å². The third-order valence-corrected chi connectivity index (χ3v) is 4.56. The summed E-state index contributed by atoms with van der Waals surface area (Å²) in [4.78, 5) is 18.3. The van der Waals surface area contributed by atoms with Gasteiger partial charge in [0.2, 0.25) is 0 Å². The van der Waals surface area contributed by atoms with E-state index in [1.807, 2.05) is 17.9 Å². The van der Waals surface area contributed by atoms with E-state index in [1.165, 1.54) is 11.8 Å². The van der Waals surface area contributed by atoms with Crippen LogP contribution in [0.5, 0.6) is 0 Å². The van der Waals surface area contributed by atoms with Crippen LogP contribution in [-0.2, 0) is 20.0 Å². The van der Waals surface area contributed by atoms with E-state index in [0.717, 1.165) is 45.4 Å². The first-order chi connectivity index (χ1) is 10.7. The predicted octanol–water partition coefficient (Wildman–Crippen LogP) is 0.931. The minimum Gasteiger partial charge on any atom is -0.303 e. The fraction of sp³-hybridized carbons (Fsp3) is 0.562. The number of hydrogen-bond donors (Lipinski definition) is 0. The highest BCUT2D eigenvalue weighted by Crippen LogP contribution is 2.18. The summed E-state index contributed by atoms with van der Waals surface area (Å²) in [5.41, 5.74) is 1.33. The minimum atomic E-state index is 0.0497. The van der Waals surface area contributed by atoms with E-state index < -0.39 is 0 Å². The lowest BCUT2D eigenvalue weighted by Gasteiger charge is -2.32. The molecular formula is C16H23N5O. The molecule has 22 heavy (non-hydrogen) atoms. The zero-order chi connectivity index (χ0) is 15.4. The Hall–Kier alpha value is -1.95. The Kier molecular flexibility index (Phi) is 4.68. The van der Waals surface area contributed by atoms with Gasteiger partial charge in [0.25, 0.3) is 5.56 Å². The summed E-state index contributed by atoms with van der Waals surface area (Å²) >= 11 is 0. The van der Waals surface area contributed by atoms with Gasteiger partial charge >= 0.3 is 0 Å². The molecule has 2 aromatic heterocycles. The lowest BCUT2D eigenvalue weighted by molar-refractivity contribution is 0.173. The van der Waals surface area contributed by atoms with Crippen molar-refractivity contribution >= 4 is 0 Å². The Morgan fingerprint density at radius 2 is 2.05 bits per heavy atom. The maximum absolute atomic E-state index is 11.7. The summed E-state index contributed by atoms with van der Waals surface area (Å²) in [6.45, 7) is 4.09. The van der Waals surface area contributed by atoms with Gasteiger partial charge in [-0.3, -0.25) is 14.0 Å². The van der Waals surface area contributed by atoms with E-state index in [-0.39, 0.29) is 5.56 Å². The lowest BCUT2D eigenvalue weighted by Crippen LogP contribution is -2.37. The monoisotopic (exact) mass is 301 g/mol. The standard InChI is InChI=1S/C16H23N5O/c1-19-15(2-8-18-19)6-11-20-9-4-14(5-10-20)12-21-13-17-7-3-16(21)22/h2-3,7-8,13-14H,4-6,9-12H2,1H3. The Balaban J connectivity index is 1.45. The van der Waals surface area contributed by atoms with Crippen molar-refractivity contribution in [1.29, 1.82) is 0 Å². The SMILES string of the molecule is Cn1nccc1CCN1CCC(Cn2cnccc2=O)CC1. The van der Waals surface area contributed by atoms with Crippen molar-refractivity contribution in [2.24, 2.45) is 13.0 Å². The van der Waals surface area contributed by atoms with Crippen molar-refractivity contribution in [3.8, 4) is 0 Å². The summed E-state index contributed by atoms with van der Waals surface area (Å²) in [6, 6.07) is 3.62. The number of likely N-dealkylation sites (tertiary alicyclic amines) is 1. The van der Waals surface area contributed by atoms with Gasteiger partial charge in [0.15, 0.2) is 0 Å². The van der Waals surface area contributed by atoms with Crippen molar-refractivity contribution in [3.63, 3.8) is 0 Å². The molecule has 1 saturated heterocycles. The van der Waals surface area contributed by atoms with Crippen molar-refractivity contribution in [3.05, 3.63) is 46.9 Å². The average molecular weight is 301 g/mol. The zero-order valence-corrected chi connectivity index (χ0v) is 13.1. The molecule has 0 spiro atoms. The van der Waals surface area contributed by atoms with Gasteiger partial charge in [-0.15, -0.1) is 0 Å². The molecular weight excluding hydrogens is 278 g/mol. The third kappa shape index (κ3) is 3.62. The molecule has 0 amide bonds. The van der Waals surface area contributed by atoms with Gasteiger partial charge in [0, 0.05) is 50.7 Å². The lowest BCUT2D eigenvalue weighted by atomic mass is 9.96. The molecule has 0 atom stereocenters. The number of aromatic nitrogens is 4. The van der Waals surface area contributed by atoms with E-state index in [1.54, 1.807) is 17.1 Å². The van der Waals surface area contributed by atoms with Gasteiger partial charge in [-0.25, -0.2) is 4.98 Å². The highest BCUT2D eigenvalue weighted by atomic mass is 16.1. The van der Waals surface area contributed by atoms with Crippen molar-refractivity contribution in [2.75, 3.05) is 19.6 Å². The second-order valence-corrected chi connectivity index (χ2v) is 6.05. The van der Waals surface area contributed by atoms with Gasteiger partial charge in [-0.2, -0.15) is 5.10 Å². The van der Waals surface area contributed by atoms with E-state index in [4.69, 9.17) is 0 Å². The highest BCUT2D eigenvalue weighted by Gasteiger charge is 2.19. The Morgan fingerprint density at radius 3 is 2.73 bits per heavy atom. The molecule has 6 nitrogen and oxygen atoms in total. The Bertz CT molecular complexity index is 654. The van der Waals surface area contributed by atoms with E-state index in [0.29, 0.717) is 5.92 Å². The zero-order valence-electron chi connectivity index (χ0n) is 13.1. The maximum atomic E-state index is 11.7. The van der Waals surface area contributed by atoms with Crippen LogP contribution in [0.3, 0.4) is 0 Å². The fourth-order valence-corrected chi connectivity index (χ4v) is 3.11. The number of rotatable bonds is 5.